The first kappa shape index (κ1) is 31.5. The summed E-state index contributed by atoms with van der Waals surface area (Å²) in [6.07, 6.45) is -1.43. The maximum absolute atomic E-state index is 8.65. The first-order chi connectivity index (χ1) is 24.6. The third kappa shape index (κ3) is 7.24. The van der Waals surface area contributed by atoms with Gasteiger partial charge in [-0.2, -0.15) is 20.4 Å². The van der Waals surface area contributed by atoms with Gasteiger partial charge in [-0.05, 0) is 59.7 Å². The Morgan fingerprint density at radius 1 is 0.380 bits per heavy atom. The normalized spacial score (nSPS) is 20.2. The summed E-state index contributed by atoms with van der Waals surface area (Å²) >= 11 is 0. The molecule has 2 heterocycles. The molecule has 246 valence electrons. The van der Waals surface area contributed by atoms with Crippen LogP contribution in [0.4, 0.5) is 22.7 Å². The van der Waals surface area contributed by atoms with Crippen molar-refractivity contribution in [2.24, 2.45) is 20.4 Å². The highest BCUT2D eigenvalue weighted by atomic mass is 16.5. The number of hydrazone groups is 4. The van der Waals surface area contributed by atoms with Crippen LogP contribution in [0, 0.1) is 10.8 Å². The molecule has 50 heavy (non-hydrogen) atoms. The predicted octanol–water partition coefficient (Wildman–Crippen LogP) is 7.66. The molecular weight excluding hydrogens is 628 g/mol. The molecule has 5 aromatic rings. The average molecular weight is 661 g/mol. The fraction of sp³-hybridized carbons (Fsp3) is 0.0526. The number of hydrogen-bond donors (Lipinski definition) is 6. The lowest BCUT2D eigenvalue weighted by molar-refractivity contribution is 0.271. The second kappa shape index (κ2) is 14.8. The van der Waals surface area contributed by atoms with E-state index in [2.05, 4.69) is 42.1 Å². The highest BCUT2D eigenvalue weighted by molar-refractivity contribution is 6.70. The van der Waals surface area contributed by atoms with Crippen molar-refractivity contribution in [3.8, 4) is 0 Å². The number of para-hydroxylation sites is 4. The SMILES string of the molecule is N=C1OC(c2ccc(C3OC(=N)C(=N\Nc4ccccc4)/C3=N/Nc3ccccc3)cc2)C(=N\Nc2ccccc2)/C1=N/Nc1ccccc1. The molecule has 12 nitrogen and oxygen atoms in total. The van der Waals surface area contributed by atoms with Crippen LogP contribution in [0.1, 0.15) is 23.3 Å². The number of nitrogens with one attached hydrogen (secondary N) is 6. The van der Waals surface area contributed by atoms with Crippen molar-refractivity contribution in [2.75, 3.05) is 21.7 Å². The van der Waals surface area contributed by atoms with Crippen molar-refractivity contribution < 1.29 is 9.47 Å². The van der Waals surface area contributed by atoms with E-state index in [1.807, 2.05) is 146 Å². The van der Waals surface area contributed by atoms with Gasteiger partial charge in [0.05, 0.1) is 22.7 Å². The van der Waals surface area contributed by atoms with E-state index in [-0.39, 0.29) is 23.2 Å². The van der Waals surface area contributed by atoms with Crippen LogP contribution in [-0.4, -0.2) is 34.6 Å². The van der Waals surface area contributed by atoms with Crippen LogP contribution < -0.4 is 21.7 Å². The van der Waals surface area contributed by atoms with Gasteiger partial charge in [-0.25, -0.2) is 0 Å². The number of benzene rings is 5. The van der Waals surface area contributed by atoms with Crippen LogP contribution in [0.15, 0.2) is 166 Å². The van der Waals surface area contributed by atoms with Crippen LogP contribution in [0.5, 0.6) is 0 Å². The monoisotopic (exact) mass is 660 g/mol. The van der Waals surface area contributed by atoms with Gasteiger partial charge in [0.2, 0.25) is 11.8 Å². The van der Waals surface area contributed by atoms with Gasteiger partial charge < -0.3 is 9.47 Å². The fourth-order valence-corrected chi connectivity index (χ4v) is 5.22. The van der Waals surface area contributed by atoms with E-state index in [1.165, 1.54) is 0 Å². The summed E-state index contributed by atoms with van der Waals surface area (Å²) in [7, 11) is 0. The maximum Gasteiger partial charge on any atom is 0.237 e. The molecule has 2 unspecified atom stereocenters. The minimum absolute atomic E-state index is 0.114. The second-order valence-corrected chi connectivity index (χ2v) is 11.1. The van der Waals surface area contributed by atoms with Crippen molar-refractivity contribution in [3.63, 3.8) is 0 Å². The summed E-state index contributed by atoms with van der Waals surface area (Å²) in [6.45, 7) is 0. The lowest BCUT2D eigenvalue weighted by Crippen LogP contribution is -2.20. The number of nitrogens with zero attached hydrogens (tertiary/aromatic N) is 4. The molecular formula is C38H32N10O2. The van der Waals surface area contributed by atoms with Crippen LogP contribution in [0.3, 0.4) is 0 Å². The van der Waals surface area contributed by atoms with Crippen molar-refractivity contribution in [1.29, 1.82) is 10.8 Å². The molecule has 5 aromatic carbocycles. The Morgan fingerprint density at radius 2 is 0.660 bits per heavy atom. The molecule has 7 rings (SSSR count). The lowest BCUT2D eigenvalue weighted by atomic mass is 9.98. The van der Waals surface area contributed by atoms with E-state index in [1.54, 1.807) is 0 Å². The van der Waals surface area contributed by atoms with Gasteiger partial charge in [0.15, 0.2) is 23.6 Å². The fourth-order valence-electron chi connectivity index (χ4n) is 5.22. The van der Waals surface area contributed by atoms with Gasteiger partial charge in [-0.3, -0.25) is 32.5 Å². The largest absolute Gasteiger partial charge is 0.461 e. The molecule has 0 saturated carbocycles. The maximum atomic E-state index is 8.65. The van der Waals surface area contributed by atoms with Crippen LogP contribution in [0.2, 0.25) is 0 Å². The first-order valence-electron chi connectivity index (χ1n) is 15.8. The average Bonchev–Trinajstić information content (AvgIpc) is 3.67. The molecule has 12 heteroatoms. The lowest BCUT2D eigenvalue weighted by Gasteiger charge is -2.14. The van der Waals surface area contributed by atoms with Gasteiger partial charge in [-0.1, -0.05) is 97.1 Å². The number of hydrogen-bond acceptors (Lipinski definition) is 12. The third-order valence-electron chi connectivity index (χ3n) is 7.73. The molecule has 0 amide bonds. The highest BCUT2D eigenvalue weighted by Crippen LogP contribution is 2.32. The quantitative estimate of drug-likeness (QED) is 0.0843. The third-order valence-corrected chi connectivity index (χ3v) is 7.73. The molecule has 0 aliphatic carbocycles. The minimum atomic E-state index is -0.716. The van der Waals surface area contributed by atoms with Crippen LogP contribution >= 0.6 is 0 Å². The first-order valence-corrected chi connectivity index (χ1v) is 15.8. The molecule has 0 bridgehead atoms. The van der Waals surface area contributed by atoms with E-state index >= 15 is 0 Å². The topological polar surface area (TPSA) is 164 Å². The standard InChI is InChI=1S/C38H32N10O2/c39-37-33(47-43-29-17-9-3-10-18-29)31(45-41-27-13-5-1-6-14-27)35(49-37)25-21-23-26(24-22-25)36-32(46-42-28-15-7-2-8-16-28)34(38(40)50-36)48-44-30-19-11-4-12-20-30/h1-24,35-36,39-44H/b39-37?,40-38?,45-31-,46-32-,47-33-,48-34-. The number of ether oxygens (including phenoxy) is 2. The predicted molar refractivity (Wildman–Crippen MR) is 200 cm³/mol. The summed E-state index contributed by atoms with van der Waals surface area (Å²) in [5, 5.41) is 35.6. The van der Waals surface area contributed by atoms with E-state index in [9.17, 15) is 0 Å². The summed E-state index contributed by atoms with van der Waals surface area (Å²) < 4.78 is 12.1. The van der Waals surface area contributed by atoms with Crippen molar-refractivity contribution in [3.05, 3.63) is 157 Å². The van der Waals surface area contributed by atoms with Crippen molar-refractivity contribution in [2.45, 2.75) is 12.2 Å². The molecule has 2 aliphatic heterocycles. The number of rotatable bonds is 10. The summed E-state index contributed by atoms with van der Waals surface area (Å²) in [6, 6.07) is 45.5. The molecule has 6 N–H and O–H groups in total. The Kier molecular flexibility index (Phi) is 9.31. The molecule has 0 aromatic heterocycles. The Hall–Kier alpha value is -7.08. The van der Waals surface area contributed by atoms with Crippen LogP contribution in [0.25, 0.3) is 0 Å². The zero-order valence-corrected chi connectivity index (χ0v) is 26.6. The summed E-state index contributed by atoms with van der Waals surface area (Å²) in [5.41, 5.74) is 18.1. The van der Waals surface area contributed by atoms with Gasteiger partial charge in [-0.15, -0.1) is 0 Å². The minimum Gasteiger partial charge on any atom is -0.461 e. The van der Waals surface area contributed by atoms with E-state index in [0.717, 1.165) is 33.9 Å². The van der Waals surface area contributed by atoms with E-state index < -0.39 is 12.2 Å². The Labute approximate surface area is 288 Å². The van der Waals surface area contributed by atoms with Crippen molar-refractivity contribution in [1.82, 2.24) is 0 Å². The van der Waals surface area contributed by atoms with Crippen LogP contribution in [-0.2, 0) is 9.47 Å². The van der Waals surface area contributed by atoms with E-state index in [4.69, 9.17) is 20.3 Å². The van der Waals surface area contributed by atoms with E-state index in [0.29, 0.717) is 11.4 Å². The Balaban J connectivity index is 1.18. The Bertz CT molecular complexity index is 1930. The van der Waals surface area contributed by atoms with Gasteiger partial charge in [0.1, 0.15) is 11.4 Å². The summed E-state index contributed by atoms with van der Waals surface area (Å²) in [5.74, 6) is -0.228. The van der Waals surface area contributed by atoms with Gasteiger partial charge in [0.25, 0.3) is 0 Å². The van der Waals surface area contributed by atoms with Gasteiger partial charge >= 0.3 is 0 Å². The molecule has 0 spiro atoms. The van der Waals surface area contributed by atoms with Crippen molar-refractivity contribution >= 4 is 57.4 Å². The molecule has 0 radical (unpaired) electrons. The highest BCUT2D eigenvalue weighted by Gasteiger charge is 2.39. The smallest absolute Gasteiger partial charge is 0.237 e. The zero-order chi connectivity index (χ0) is 34.1. The molecule has 2 aliphatic rings. The Morgan fingerprint density at radius 3 is 0.960 bits per heavy atom. The summed E-state index contributed by atoms with van der Waals surface area (Å²) in [4.78, 5) is 0. The molecule has 2 fully saturated rings. The zero-order valence-electron chi connectivity index (χ0n) is 26.6. The van der Waals surface area contributed by atoms with Gasteiger partial charge in [0, 0.05) is 0 Å². The molecule has 2 saturated heterocycles. The number of anilines is 4. The second-order valence-electron chi connectivity index (χ2n) is 11.1. The molecule has 2 atom stereocenters.